The van der Waals surface area contributed by atoms with Gasteiger partial charge >= 0.3 is 0 Å². The maximum atomic E-state index is 12.5. The minimum Gasteiger partial charge on any atom is -0.268 e. The minimum atomic E-state index is -0.557. The summed E-state index contributed by atoms with van der Waals surface area (Å²) in [5.74, 6) is -0.484. The molecule has 0 aliphatic carbocycles. The normalized spacial score (nSPS) is 15.8. The Labute approximate surface area is 162 Å². The highest BCUT2D eigenvalue weighted by molar-refractivity contribution is 8.18. The van der Waals surface area contributed by atoms with E-state index >= 15 is 0 Å². The Morgan fingerprint density at radius 3 is 2.62 bits per heavy atom. The number of nitrogens with zero attached hydrogens (tertiary/aromatic N) is 2. The first-order valence-corrected chi connectivity index (χ1v) is 8.86. The Kier molecular flexibility index (Phi) is 5.31. The second-order valence-corrected chi connectivity index (χ2v) is 7.20. The molecule has 0 atom stereocenters. The summed E-state index contributed by atoms with van der Waals surface area (Å²) in [6, 6.07) is 10.8. The van der Waals surface area contributed by atoms with E-state index in [1.54, 1.807) is 24.3 Å². The van der Waals surface area contributed by atoms with Crippen LogP contribution in [-0.4, -0.2) is 21.0 Å². The lowest BCUT2D eigenvalue weighted by Crippen LogP contribution is -2.27. The second-order valence-electron chi connectivity index (χ2n) is 5.36. The molecule has 1 fully saturated rings. The molecule has 3 rings (SSSR count). The molecule has 0 radical (unpaired) electrons. The maximum absolute atomic E-state index is 12.5. The first kappa shape index (κ1) is 18.4. The third kappa shape index (κ3) is 3.90. The number of carbonyl (C=O) groups excluding carboxylic acids is 2. The van der Waals surface area contributed by atoms with Crippen molar-refractivity contribution in [3.05, 3.63) is 78.7 Å². The number of amides is 2. The Hall–Kier alpha value is -2.35. The molecular weight excluding hydrogens is 399 g/mol. The van der Waals surface area contributed by atoms with Crippen molar-refractivity contribution < 1.29 is 14.5 Å². The monoisotopic (exact) mass is 408 g/mol. The highest BCUT2D eigenvalue weighted by Gasteiger charge is 2.35. The van der Waals surface area contributed by atoms with E-state index in [1.807, 2.05) is 0 Å². The van der Waals surface area contributed by atoms with Crippen LogP contribution >= 0.6 is 35.0 Å². The van der Waals surface area contributed by atoms with E-state index in [2.05, 4.69) is 0 Å². The average Bonchev–Trinajstić information content (AvgIpc) is 2.84. The van der Waals surface area contributed by atoms with Crippen LogP contribution < -0.4 is 0 Å². The SMILES string of the molecule is O=C1S/C(=C\c2cc([N+](=O)[O-])ccc2Cl)C(=O)N1Cc1cccc(Cl)c1. The van der Waals surface area contributed by atoms with E-state index in [0.29, 0.717) is 10.6 Å². The van der Waals surface area contributed by atoms with E-state index in [0.717, 1.165) is 22.2 Å². The highest BCUT2D eigenvalue weighted by atomic mass is 35.5. The van der Waals surface area contributed by atoms with Gasteiger partial charge in [-0.25, -0.2) is 0 Å². The number of imide groups is 1. The third-order valence-electron chi connectivity index (χ3n) is 3.58. The molecule has 1 aliphatic heterocycles. The van der Waals surface area contributed by atoms with Gasteiger partial charge in [-0.3, -0.25) is 24.6 Å². The number of hydrogen-bond acceptors (Lipinski definition) is 5. The molecular formula is C17H10Cl2N2O4S. The van der Waals surface area contributed by atoms with E-state index in [-0.39, 0.29) is 22.2 Å². The van der Waals surface area contributed by atoms with Crippen LogP contribution in [0.2, 0.25) is 10.0 Å². The lowest BCUT2D eigenvalue weighted by Gasteiger charge is -2.12. The molecule has 2 amide bonds. The molecule has 1 saturated heterocycles. The molecule has 2 aromatic carbocycles. The van der Waals surface area contributed by atoms with Gasteiger partial charge in [0, 0.05) is 27.7 Å². The molecule has 132 valence electrons. The van der Waals surface area contributed by atoms with Gasteiger partial charge in [-0.15, -0.1) is 0 Å². The lowest BCUT2D eigenvalue weighted by atomic mass is 10.1. The lowest BCUT2D eigenvalue weighted by molar-refractivity contribution is -0.384. The molecule has 1 aliphatic rings. The first-order chi connectivity index (χ1) is 12.3. The van der Waals surface area contributed by atoms with Gasteiger partial charge in [-0.2, -0.15) is 0 Å². The number of halogens is 2. The second kappa shape index (κ2) is 7.49. The van der Waals surface area contributed by atoms with Crippen LogP contribution in [-0.2, 0) is 11.3 Å². The molecule has 0 spiro atoms. The fourth-order valence-corrected chi connectivity index (χ4v) is 3.56. The molecule has 6 nitrogen and oxygen atoms in total. The number of nitro benzene ring substituents is 1. The summed E-state index contributed by atoms with van der Waals surface area (Å²) >= 11 is 12.7. The first-order valence-electron chi connectivity index (χ1n) is 7.29. The Morgan fingerprint density at radius 1 is 1.15 bits per heavy atom. The standard InChI is InChI=1S/C17H10Cl2N2O4S/c18-12-3-1-2-10(6-12)9-20-16(22)15(26-17(20)23)8-11-7-13(21(24)25)4-5-14(11)19/h1-8H,9H2/b15-8-. The Balaban J connectivity index is 1.88. The smallest absolute Gasteiger partial charge is 0.268 e. The van der Waals surface area contributed by atoms with E-state index in [4.69, 9.17) is 23.2 Å². The molecule has 0 N–H and O–H groups in total. The van der Waals surface area contributed by atoms with Crippen molar-refractivity contribution in [2.24, 2.45) is 0 Å². The Morgan fingerprint density at radius 2 is 1.92 bits per heavy atom. The highest BCUT2D eigenvalue weighted by Crippen LogP contribution is 2.35. The molecule has 9 heteroatoms. The third-order valence-corrected chi connectivity index (χ3v) is 5.07. The summed E-state index contributed by atoms with van der Waals surface area (Å²) < 4.78 is 0. The van der Waals surface area contributed by atoms with Crippen molar-refractivity contribution in [1.82, 2.24) is 4.90 Å². The quantitative estimate of drug-likeness (QED) is 0.397. The molecule has 0 aromatic heterocycles. The molecule has 0 unspecified atom stereocenters. The van der Waals surface area contributed by atoms with Gasteiger partial charge in [0.05, 0.1) is 16.4 Å². The van der Waals surface area contributed by atoms with Gasteiger partial charge in [-0.05, 0) is 41.6 Å². The molecule has 1 heterocycles. The summed E-state index contributed by atoms with van der Waals surface area (Å²) in [4.78, 5) is 36.3. The van der Waals surface area contributed by atoms with Gasteiger partial charge < -0.3 is 0 Å². The minimum absolute atomic E-state index is 0.0885. The summed E-state index contributed by atoms with van der Waals surface area (Å²) in [7, 11) is 0. The Bertz CT molecular complexity index is 962. The number of thioether (sulfide) groups is 1. The van der Waals surface area contributed by atoms with Crippen LogP contribution in [0.5, 0.6) is 0 Å². The number of hydrogen-bond donors (Lipinski definition) is 0. The van der Waals surface area contributed by atoms with Crippen LogP contribution in [0.4, 0.5) is 10.5 Å². The fourth-order valence-electron chi connectivity index (χ4n) is 2.35. The van der Waals surface area contributed by atoms with Gasteiger partial charge in [0.2, 0.25) is 0 Å². The average molecular weight is 409 g/mol. The number of carbonyl (C=O) groups is 2. The predicted molar refractivity (Wildman–Crippen MR) is 101 cm³/mol. The summed E-state index contributed by atoms with van der Waals surface area (Å²) in [6.07, 6.45) is 1.39. The zero-order valence-electron chi connectivity index (χ0n) is 13.0. The molecule has 0 saturated carbocycles. The molecule has 2 aromatic rings. The van der Waals surface area contributed by atoms with Crippen LogP contribution in [0.25, 0.3) is 6.08 Å². The van der Waals surface area contributed by atoms with Crippen molar-refractivity contribution in [2.45, 2.75) is 6.54 Å². The van der Waals surface area contributed by atoms with Crippen LogP contribution in [0, 0.1) is 10.1 Å². The maximum Gasteiger partial charge on any atom is 0.293 e. The summed E-state index contributed by atoms with van der Waals surface area (Å²) in [5, 5.41) is 11.2. The van der Waals surface area contributed by atoms with Gasteiger partial charge in [-0.1, -0.05) is 35.3 Å². The van der Waals surface area contributed by atoms with E-state index in [9.17, 15) is 19.7 Å². The van der Waals surface area contributed by atoms with Crippen molar-refractivity contribution >= 4 is 57.9 Å². The van der Waals surface area contributed by atoms with Gasteiger partial charge in [0.25, 0.3) is 16.8 Å². The fraction of sp³-hybridized carbons (Fsp3) is 0.0588. The molecule has 0 bridgehead atoms. The van der Waals surface area contributed by atoms with Crippen LogP contribution in [0.3, 0.4) is 0 Å². The number of nitro groups is 1. The van der Waals surface area contributed by atoms with E-state index in [1.165, 1.54) is 24.3 Å². The number of non-ortho nitro benzene ring substituents is 1. The van der Waals surface area contributed by atoms with E-state index < -0.39 is 16.1 Å². The van der Waals surface area contributed by atoms with Gasteiger partial charge in [0.1, 0.15) is 0 Å². The van der Waals surface area contributed by atoms with Crippen LogP contribution in [0.15, 0.2) is 47.4 Å². The predicted octanol–water partition coefficient (Wildman–Crippen LogP) is 5.14. The number of benzene rings is 2. The number of rotatable bonds is 4. The largest absolute Gasteiger partial charge is 0.293 e. The van der Waals surface area contributed by atoms with Gasteiger partial charge in [0.15, 0.2) is 0 Å². The molecule has 26 heavy (non-hydrogen) atoms. The van der Waals surface area contributed by atoms with Crippen molar-refractivity contribution in [1.29, 1.82) is 0 Å². The summed E-state index contributed by atoms with van der Waals surface area (Å²) in [6.45, 7) is 0.0885. The summed E-state index contributed by atoms with van der Waals surface area (Å²) in [5.41, 5.74) is 0.863. The topological polar surface area (TPSA) is 80.5 Å². The zero-order chi connectivity index (χ0) is 18.8. The van der Waals surface area contributed by atoms with Crippen molar-refractivity contribution in [3.8, 4) is 0 Å². The van der Waals surface area contributed by atoms with Crippen molar-refractivity contribution in [3.63, 3.8) is 0 Å². The van der Waals surface area contributed by atoms with Crippen molar-refractivity contribution in [2.75, 3.05) is 0 Å². The zero-order valence-corrected chi connectivity index (χ0v) is 15.3. The van der Waals surface area contributed by atoms with Crippen LogP contribution in [0.1, 0.15) is 11.1 Å².